The van der Waals surface area contributed by atoms with Crippen molar-refractivity contribution in [2.45, 2.75) is 52.5 Å². The Bertz CT molecular complexity index is 507. The van der Waals surface area contributed by atoms with E-state index in [1.165, 1.54) is 11.8 Å². The van der Waals surface area contributed by atoms with Crippen molar-refractivity contribution in [3.63, 3.8) is 0 Å². The summed E-state index contributed by atoms with van der Waals surface area (Å²) in [5.41, 5.74) is 1.07. The van der Waals surface area contributed by atoms with E-state index in [1.54, 1.807) is 16.2 Å². The molecule has 1 aliphatic rings. The number of carbonyl (C=O) groups is 2. The number of aromatic nitrogens is 1. The third-order valence-electron chi connectivity index (χ3n) is 3.92. The van der Waals surface area contributed by atoms with Crippen molar-refractivity contribution in [1.29, 1.82) is 0 Å². The van der Waals surface area contributed by atoms with Crippen LogP contribution in [0.5, 0.6) is 0 Å². The van der Waals surface area contributed by atoms with Crippen LogP contribution in [0.25, 0.3) is 0 Å². The molecule has 1 saturated heterocycles. The molecule has 1 aromatic rings. The molecule has 2 heterocycles. The van der Waals surface area contributed by atoms with Crippen LogP contribution in [0.3, 0.4) is 0 Å². The van der Waals surface area contributed by atoms with Gasteiger partial charge in [-0.05, 0) is 33.1 Å². The highest BCUT2D eigenvalue weighted by Crippen LogP contribution is 2.18. The Kier molecular flexibility index (Phi) is 5.33. The molecule has 0 unspecified atom stereocenters. The first-order valence-electron chi connectivity index (χ1n) is 7.47. The van der Waals surface area contributed by atoms with Crippen LogP contribution < -0.4 is 5.32 Å². The summed E-state index contributed by atoms with van der Waals surface area (Å²) in [6.45, 7) is 6.86. The number of nitrogens with zero attached hydrogens (tertiary/aromatic N) is 2. The maximum atomic E-state index is 12.3. The first-order chi connectivity index (χ1) is 9.99. The average molecular weight is 309 g/mol. The second-order valence-corrected chi connectivity index (χ2v) is 6.80. The van der Waals surface area contributed by atoms with Gasteiger partial charge in [0.05, 0.1) is 10.7 Å². The molecule has 0 spiro atoms. The number of likely N-dealkylation sites (tertiary alicyclic amines) is 1. The van der Waals surface area contributed by atoms with Crippen molar-refractivity contribution < 1.29 is 9.59 Å². The molecular weight excluding hydrogens is 286 g/mol. The molecule has 1 aliphatic heterocycles. The zero-order valence-electron chi connectivity index (χ0n) is 12.9. The van der Waals surface area contributed by atoms with Crippen LogP contribution in [0.2, 0.25) is 0 Å². The number of thiazole rings is 1. The summed E-state index contributed by atoms with van der Waals surface area (Å²) in [6, 6.07) is -0.295. The normalized spacial score (nSPS) is 18.6. The number of piperidine rings is 1. The van der Waals surface area contributed by atoms with Crippen LogP contribution in [0.15, 0.2) is 0 Å². The van der Waals surface area contributed by atoms with Gasteiger partial charge in [0, 0.05) is 31.3 Å². The van der Waals surface area contributed by atoms with Crippen molar-refractivity contribution in [2.75, 3.05) is 13.1 Å². The molecule has 0 aliphatic carbocycles. The van der Waals surface area contributed by atoms with Gasteiger partial charge in [-0.25, -0.2) is 4.98 Å². The van der Waals surface area contributed by atoms with Gasteiger partial charge < -0.3 is 10.2 Å². The van der Waals surface area contributed by atoms with Crippen molar-refractivity contribution >= 4 is 23.2 Å². The van der Waals surface area contributed by atoms with E-state index in [-0.39, 0.29) is 17.9 Å². The lowest BCUT2D eigenvalue weighted by Crippen LogP contribution is -2.51. The second-order valence-electron chi connectivity index (χ2n) is 5.51. The maximum Gasteiger partial charge on any atom is 0.242 e. The first kappa shape index (κ1) is 15.9. The lowest BCUT2D eigenvalue weighted by molar-refractivity contribution is -0.140. The Morgan fingerprint density at radius 1 is 1.38 bits per heavy atom. The molecule has 1 N–H and O–H groups in total. The van der Waals surface area contributed by atoms with E-state index in [1.807, 2.05) is 6.92 Å². The van der Waals surface area contributed by atoms with Crippen LogP contribution in [-0.4, -0.2) is 40.8 Å². The number of aryl methyl sites for hydroxylation is 2. The van der Waals surface area contributed by atoms with Gasteiger partial charge in [-0.3, -0.25) is 9.59 Å². The summed E-state index contributed by atoms with van der Waals surface area (Å²) in [5, 5.41) is 4.00. The molecule has 0 bridgehead atoms. The summed E-state index contributed by atoms with van der Waals surface area (Å²) in [6.07, 6.45) is 3.51. The Balaban J connectivity index is 1.84. The summed E-state index contributed by atoms with van der Waals surface area (Å²) in [5.74, 6) is -0.0454. The van der Waals surface area contributed by atoms with Gasteiger partial charge in [0.1, 0.15) is 6.04 Å². The fraction of sp³-hybridized carbons (Fsp3) is 0.667. The summed E-state index contributed by atoms with van der Waals surface area (Å²) >= 11 is 1.68. The van der Waals surface area contributed by atoms with Gasteiger partial charge in [-0.2, -0.15) is 0 Å². The molecule has 0 aromatic carbocycles. The maximum absolute atomic E-state index is 12.3. The van der Waals surface area contributed by atoms with Gasteiger partial charge in [0.15, 0.2) is 0 Å². The minimum Gasteiger partial charge on any atom is -0.354 e. The number of hydrogen-bond acceptors (Lipinski definition) is 4. The fourth-order valence-electron chi connectivity index (χ4n) is 2.64. The SMILES string of the molecule is CC(=O)N1CCCC[C@@H]1C(=O)NCCc1nc(C)c(C)s1. The van der Waals surface area contributed by atoms with Crippen LogP contribution in [0.4, 0.5) is 0 Å². The fourth-order valence-corrected chi connectivity index (χ4v) is 3.57. The van der Waals surface area contributed by atoms with Crippen molar-refractivity contribution in [1.82, 2.24) is 15.2 Å². The standard InChI is InChI=1S/C15H23N3O2S/c1-10-11(2)21-14(17-10)7-8-16-15(20)13-6-4-5-9-18(13)12(3)19/h13H,4-9H2,1-3H3,(H,16,20)/t13-/m1/s1. The number of hydrogen-bond donors (Lipinski definition) is 1. The molecule has 0 saturated carbocycles. The van der Waals surface area contributed by atoms with Gasteiger partial charge in [-0.15, -0.1) is 11.3 Å². The molecule has 21 heavy (non-hydrogen) atoms. The second kappa shape index (κ2) is 7.02. The van der Waals surface area contributed by atoms with E-state index in [9.17, 15) is 9.59 Å². The van der Waals surface area contributed by atoms with Crippen molar-refractivity contribution in [3.05, 3.63) is 15.6 Å². The highest BCUT2D eigenvalue weighted by atomic mass is 32.1. The molecular formula is C15H23N3O2S. The van der Waals surface area contributed by atoms with E-state index in [0.29, 0.717) is 13.1 Å². The zero-order chi connectivity index (χ0) is 15.4. The minimum absolute atomic E-state index is 0.0129. The Morgan fingerprint density at radius 3 is 2.76 bits per heavy atom. The van der Waals surface area contributed by atoms with Gasteiger partial charge in [0.2, 0.25) is 11.8 Å². The van der Waals surface area contributed by atoms with Crippen LogP contribution in [0.1, 0.15) is 41.8 Å². The molecule has 116 valence electrons. The summed E-state index contributed by atoms with van der Waals surface area (Å²) in [4.78, 5) is 31.2. The van der Waals surface area contributed by atoms with E-state index in [2.05, 4.69) is 17.2 Å². The topological polar surface area (TPSA) is 62.3 Å². The molecule has 0 radical (unpaired) electrons. The molecule has 1 atom stereocenters. The number of nitrogens with one attached hydrogen (secondary N) is 1. The Hall–Kier alpha value is -1.43. The smallest absolute Gasteiger partial charge is 0.242 e. The predicted molar refractivity (Wildman–Crippen MR) is 83.3 cm³/mol. The molecule has 2 amide bonds. The van der Waals surface area contributed by atoms with Gasteiger partial charge in [0.25, 0.3) is 0 Å². The average Bonchev–Trinajstić information content (AvgIpc) is 2.77. The number of amides is 2. The van der Waals surface area contributed by atoms with Crippen molar-refractivity contribution in [3.8, 4) is 0 Å². The van der Waals surface area contributed by atoms with Crippen LogP contribution >= 0.6 is 11.3 Å². The predicted octanol–water partition coefficient (Wildman–Crippen LogP) is 1.82. The largest absolute Gasteiger partial charge is 0.354 e. The third-order valence-corrected chi connectivity index (χ3v) is 5.05. The molecule has 1 fully saturated rings. The van der Waals surface area contributed by atoms with Gasteiger partial charge >= 0.3 is 0 Å². The molecule has 2 rings (SSSR count). The number of carbonyl (C=O) groups excluding carboxylic acids is 2. The highest BCUT2D eigenvalue weighted by molar-refractivity contribution is 7.11. The summed E-state index contributed by atoms with van der Waals surface area (Å²) < 4.78 is 0. The monoisotopic (exact) mass is 309 g/mol. The highest BCUT2D eigenvalue weighted by Gasteiger charge is 2.29. The molecule has 5 nitrogen and oxygen atoms in total. The van der Waals surface area contributed by atoms with Crippen molar-refractivity contribution in [2.24, 2.45) is 0 Å². The Labute approximate surface area is 129 Å². The van der Waals surface area contributed by atoms with E-state index in [4.69, 9.17) is 0 Å². The van der Waals surface area contributed by atoms with Gasteiger partial charge in [-0.1, -0.05) is 0 Å². The quantitative estimate of drug-likeness (QED) is 0.923. The number of rotatable bonds is 4. The lowest BCUT2D eigenvalue weighted by atomic mass is 10.0. The third kappa shape index (κ3) is 4.03. The van der Waals surface area contributed by atoms with E-state index < -0.39 is 0 Å². The lowest BCUT2D eigenvalue weighted by Gasteiger charge is -2.33. The molecule has 1 aromatic heterocycles. The zero-order valence-corrected chi connectivity index (χ0v) is 13.8. The van der Waals surface area contributed by atoms with E-state index >= 15 is 0 Å². The first-order valence-corrected chi connectivity index (χ1v) is 8.28. The van der Waals surface area contributed by atoms with Crippen LogP contribution in [-0.2, 0) is 16.0 Å². The van der Waals surface area contributed by atoms with E-state index in [0.717, 1.165) is 36.4 Å². The van der Waals surface area contributed by atoms with Crippen LogP contribution in [0, 0.1) is 13.8 Å². The molecule has 6 heteroatoms. The Morgan fingerprint density at radius 2 is 2.14 bits per heavy atom. The summed E-state index contributed by atoms with van der Waals surface area (Å²) in [7, 11) is 0. The minimum atomic E-state index is -0.295.